The Labute approximate surface area is 214 Å². The van der Waals surface area contributed by atoms with Crippen molar-refractivity contribution in [1.29, 1.82) is 0 Å². The van der Waals surface area contributed by atoms with Crippen LogP contribution >= 0.6 is 11.6 Å². The molecular formula is C24H24ClF4N7O. The summed E-state index contributed by atoms with van der Waals surface area (Å²) in [7, 11) is 0. The van der Waals surface area contributed by atoms with E-state index in [2.05, 4.69) is 20.2 Å². The molecule has 2 aromatic heterocycles. The minimum absolute atomic E-state index is 0.0899. The van der Waals surface area contributed by atoms with E-state index in [0.29, 0.717) is 43.0 Å². The molecule has 0 bridgehead atoms. The second-order valence-corrected chi connectivity index (χ2v) is 10.5. The van der Waals surface area contributed by atoms with Crippen LogP contribution in [0.2, 0.25) is 5.02 Å². The van der Waals surface area contributed by atoms with Gasteiger partial charge in [0.25, 0.3) is 0 Å². The topological polar surface area (TPSA) is 83.2 Å². The summed E-state index contributed by atoms with van der Waals surface area (Å²) >= 11 is 6.30. The van der Waals surface area contributed by atoms with E-state index in [1.807, 2.05) is 26.5 Å². The van der Waals surface area contributed by atoms with Crippen molar-refractivity contribution in [2.75, 3.05) is 18.0 Å². The fourth-order valence-electron chi connectivity index (χ4n) is 5.59. The Morgan fingerprint density at radius 2 is 1.73 bits per heavy atom. The third kappa shape index (κ3) is 4.34. The van der Waals surface area contributed by atoms with Crippen LogP contribution in [0.25, 0.3) is 5.69 Å². The van der Waals surface area contributed by atoms with Crippen LogP contribution in [0.5, 0.6) is 0 Å². The highest BCUT2D eigenvalue weighted by Gasteiger charge is 2.62. The van der Waals surface area contributed by atoms with Crippen LogP contribution in [0, 0.1) is 5.82 Å². The molecule has 1 aromatic carbocycles. The van der Waals surface area contributed by atoms with Crippen LogP contribution in [-0.4, -0.2) is 65.6 Å². The minimum Gasteiger partial charge on any atom is -0.380 e. The van der Waals surface area contributed by atoms with E-state index >= 15 is 0 Å². The quantitative estimate of drug-likeness (QED) is 0.506. The third-order valence-corrected chi connectivity index (χ3v) is 7.93. The number of benzene rings is 1. The maximum atomic E-state index is 13.3. The summed E-state index contributed by atoms with van der Waals surface area (Å²) in [4.78, 5) is 12.1. The summed E-state index contributed by atoms with van der Waals surface area (Å²) in [5, 5.41) is 19.5. The van der Waals surface area contributed by atoms with Crippen LogP contribution in [0.1, 0.15) is 48.8 Å². The van der Waals surface area contributed by atoms with Crippen molar-refractivity contribution in [2.45, 2.75) is 62.5 Å². The van der Waals surface area contributed by atoms with Crippen LogP contribution in [0.15, 0.2) is 30.6 Å². The number of hydrogen-bond acceptors (Lipinski definition) is 7. The van der Waals surface area contributed by atoms with E-state index in [-0.39, 0.29) is 18.8 Å². The molecule has 37 heavy (non-hydrogen) atoms. The number of hydrogen-bond donors (Lipinski definition) is 1. The highest BCUT2D eigenvalue weighted by atomic mass is 35.5. The monoisotopic (exact) mass is 537 g/mol. The van der Waals surface area contributed by atoms with E-state index < -0.39 is 23.6 Å². The highest BCUT2D eigenvalue weighted by molar-refractivity contribution is 6.30. The standard InChI is InChI=1S/C24H24ClF4N7O/c25-16-1-2-19-15(7-16)12-35(18-8-23(37,9-18)24(27,28)29)13-20-32-33-21(36(19)20)14-3-5-34(6-4-14)22-30-10-17(26)11-31-22/h1-2,7,10-11,14,18,37H,3-6,8-9,12-13H2. The van der Waals surface area contributed by atoms with Gasteiger partial charge in [-0.05, 0) is 36.6 Å². The summed E-state index contributed by atoms with van der Waals surface area (Å²) in [6.45, 7) is 2.02. The SMILES string of the molecule is OC1(C(F)(F)F)CC(N2Cc3cc(Cl)ccc3-n3c(nnc3C3CCN(c4ncc(F)cn4)CC3)C2)C1. The molecule has 1 saturated carbocycles. The number of aliphatic hydroxyl groups is 1. The molecule has 0 amide bonds. The molecule has 6 rings (SSSR count). The van der Waals surface area contributed by atoms with Gasteiger partial charge in [0, 0.05) is 49.5 Å². The number of anilines is 1. The molecule has 1 N–H and O–H groups in total. The van der Waals surface area contributed by atoms with Gasteiger partial charge in [-0.3, -0.25) is 9.47 Å². The highest BCUT2D eigenvalue weighted by Crippen LogP contribution is 2.48. The Balaban J connectivity index is 1.26. The first-order chi connectivity index (χ1) is 17.6. The van der Waals surface area contributed by atoms with E-state index in [9.17, 15) is 22.7 Å². The first-order valence-corrected chi connectivity index (χ1v) is 12.5. The Kier molecular flexibility index (Phi) is 5.88. The van der Waals surface area contributed by atoms with Gasteiger partial charge in [0.05, 0.1) is 24.6 Å². The number of halogens is 5. The van der Waals surface area contributed by atoms with Crippen molar-refractivity contribution < 1.29 is 22.7 Å². The third-order valence-electron chi connectivity index (χ3n) is 7.70. The molecule has 1 saturated heterocycles. The first-order valence-electron chi connectivity index (χ1n) is 12.1. The number of aromatic nitrogens is 5. The maximum absolute atomic E-state index is 13.3. The second kappa shape index (κ2) is 8.88. The van der Waals surface area contributed by atoms with Gasteiger partial charge in [-0.2, -0.15) is 13.2 Å². The summed E-state index contributed by atoms with van der Waals surface area (Å²) in [6.07, 6.45) is -1.59. The van der Waals surface area contributed by atoms with Crippen LogP contribution in [0.3, 0.4) is 0 Å². The van der Waals surface area contributed by atoms with Gasteiger partial charge in [0.15, 0.2) is 17.2 Å². The lowest BCUT2D eigenvalue weighted by Crippen LogP contribution is -2.61. The maximum Gasteiger partial charge on any atom is 0.417 e. The summed E-state index contributed by atoms with van der Waals surface area (Å²) in [5.74, 6) is 1.52. The summed E-state index contributed by atoms with van der Waals surface area (Å²) < 4.78 is 55.0. The van der Waals surface area contributed by atoms with Crippen LogP contribution < -0.4 is 4.90 Å². The normalized spacial score (nSPS) is 24.8. The fourth-order valence-corrected chi connectivity index (χ4v) is 5.78. The molecular weight excluding hydrogens is 514 g/mol. The number of piperidine rings is 1. The molecule has 4 heterocycles. The van der Waals surface area contributed by atoms with E-state index in [1.54, 1.807) is 6.07 Å². The van der Waals surface area contributed by atoms with Gasteiger partial charge in [0.2, 0.25) is 5.95 Å². The van der Waals surface area contributed by atoms with Gasteiger partial charge >= 0.3 is 6.18 Å². The van der Waals surface area contributed by atoms with Gasteiger partial charge in [0.1, 0.15) is 5.82 Å². The Hall–Kier alpha value is -2.83. The zero-order valence-electron chi connectivity index (χ0n) is 19.7. The lowest BCUT2D eigenvalue weighted by atomic mass is 9.74. The van der Waals surface area contributed by atoms with Gasteiger partial charge in [-0.1, -0.05) is 11.6 Å². The second-order valence-electron chi connectivity index (χ2n) is 10.0. The number of rotatable bonds is 3. The molecule has 3 aliphatic rings. The van der Waals surface area contributed by atoms with Gasteiger partial charge in [-0.15, -0.1) is 10.2 Å². The van der Waals surface area contributed by atoms with Crippen molar-refractivity contribution in [3.63, 3.8) is 0 Å². The Morgan fingerprint density at radius 3 is 2.41 bits per heavy atom. The Morgan fingerprint density at radius 1 is 1.03 bits per heavy atom. The first kappa shape index (κ1) is 24.5. The average molecular weight is 538 g/mol. The molecule has 0 atom stereocenters. The molecule has 3 aromatic rings. The van der Waals surface area contributed by atoms with E-state index in [0.717, 1.165) is 42.3 Å². The number of fused-ring (bicyclic) bond motifs is 3. The molecule has 0 unspecified atom stereocenters. The Bertz CT molecular complexity index is 1300. The predicted octanol–water partition coefficient (Wildman–Crippen LogP) is 4.01. The molecule has 0 radical (unpaired) electrons. The zero-order chi connectivity index (χ0) is 25.9. The van der Waals surface area contributed by atoms with Gasteiger partial charge < -0.3 is 10.0 Å². The molecule has 0 spiro atoms. The van der Waals surface area contributed by atoms with Crippen molar-refractivity contribution in [3.05, 3.63) is 58.6 Å². The number of alkyl halides is 3. The van der Waals surface area contributed by atoms with Crippen molar-refractivity contribution in [3.8, 4) is 5.69 Å². The molecule has 8 nitrogen and oxygen atoms in total. The average Bonchev–Trinajstić information content (AvgIpc) is 3.18. The lowest BCUT2D eigenvalue weighted by Gasteiger charge is -2.48. The lowest BCUT2D eigenvalue weighted by molar-refractivity contribution is -0.300. The van der Waals surface area contributed by atoms with Crippen molar-refractivity contribution in [1.82, 2.24) is 29.6 Å². The molecule has 1 aliphatic carbocycles. The zero-order valence-corrected chi connectivity index (χ0v) is 20.4. The summed E-state index contributed by atoms with van der Waals surface area (Å²) in [6, 6.07) is 5.06. The number of nitrogens with zero attached hydrogens (tertiary/aromatic N) is 7. The summed E-state index contributed by atoms with van der Waals surface area (Å²) in [5.41, 5.74) is -0.925. The predicted molar refractivity (Wildman–Crippen MR) is 126 cm³/mol. The van der Waals surface area contributed by atoms with Crippen LogP contribution in [0.4, 0.5) is 23.5 Å². The van der Waals surface area contributed by atoms with Crippen molar-refractivity contribution in [2.24, 2.45) is 0 Å². The van der Waals surface area contributed by atoms with E-state index in [1.165, 1.54) is 0 Å². The van der Waals surface area contributed by atoms with Gasteiger partial charge in [-0.25, -0.2) is 14.4 Å². The largest absolute Gasteiger partial charge is 0.417 e. The molecule has 2 fully saturated rings. The smallest absolute Gasteiger partial charge is 0.380 e. The van der Waals surface area contributed by atoms with E-state index in [4.69, 9.17) is 11.6 Å². The van der Waals surface area contributed by atoms with Crippen molar-refractivity contribution >= 4 is 17.5 Å². The molecule has 13 heteroatoms. The molecule has 196 valence electrons. The van der Waals surface area contributed by atoms with Crippen LogP contribution in [-0.2, 0) is 13.1 Å². The fraction of sp³-hybridized carbons (Fsp3) is 0.500. The minimum atomic E-state index is -4.66. The molecule has 2 aliphatic heterocycles.